The molecule has 23 heavy (non-hydrogen) atoms. The highest BCUT2D eigenvalue weighted by molar-refractivity contribution is 5.00. The third kappa shape index (κ3) is 2.98. The molecule has 0 heterocycles. The van der Waals surface area contributed by atoms with E-state index < -0.39 is 0 Å². The summed E-state index contributed by atoms with van der Waals surface area (Å²) < 4.78 is 17.9. The van der Waals surface area contributed by atoms with Gasteiger partial charge >= 0.3 is 0 Å². The van der Waals surface area contributed by atoms with Crippen LogP contribution in [0.3, 0.4) is 0 Å². The van der Waals surface area contributed by atoms with E-state index >= 15 is 0 Å². The fourth-order valence-electron chi connectivity index (χ4n) is 6.48. The van der Waals surface area contributed by atoms with Crippen molar-refractivity contribution in [2.24, 2.45) is 35.0 Å². The minimum Gasteiger partial charge on any atom is -0.384 e. The van der Waals surface area contributed by atoms with Crippen molar-refractivity contribution in [1.29, 1.82) is 0 Å². The van der Waals surface area contributed by atoms with E-state index in [1.165, 1.54) is 51.4 Å². The highest BCUT2D eigenvalue weighted by Crippen LogP contribution is 2.55. The fraction of sp³-hybridized carbons (Fsp3) is 1.00. The average Bonchev–Trinajstić information content (AvgIpc) is 2.44. The lowest BCUT2D eigenvalue weighted by atomic mass is 9.55. The first kappa shape index (κ1) is 16.4. The Labute approximate surface area is 141 Å². The molecular weight excluding hydrogens is 288 g/mol. The molecule has 0 aliphatic heterocycles. The van der Waals surface area contributed by atoms with Crippen molar-refractivity contribution >= 4 is 0 Å². The zero-order valence-electron chi connectivity index (χ0n) is 15.0. The molecule has 0 N–H and O–H groups in total. The van der Waals surface area contributed by atoms with Crippen molar-refractivity contribution < 1.29 is 14.2 Å². The van der Waals surface area contributed by atoms with Crippen LogP contribution in [0.2, 0.25) is 0 Å². The molecule has 3 heteroatoms. The van der Waals surface area contributed by atoms with E-state index in [4.69, 9.17) is 14.2 Å². The van der Waals surface area contributed by atoms with Crippen molar-refractivity contribution in [3.8, 4) is 0 Å². The zero-order valence-corrected chi connectivity index (χ0v) is 15.0. The second-order valence-electron chi connectivity index (χ2n) is 9.06. The monoisotopic (exact) mass is 322 g/mol. The molecule has 0 radical (unpaired) electrons. The Morgan fingerprint density at radius 2 is 1.35 bits per heavy atom. The van der Waals surface area contributed by atoms with E-state index in [-0.39, 0.29) is 5.41 Å². The molecule has 5 saturated carbocycles. The average molecular weight is 322 g/mol. The molecule has 3 nitrogen and oxygen atoms in total. The molecule has 5 rings (SSSR count). The summed E-state index contributed by atoms with van der Waals surface area (Å²) in [6.45, 7) is 2.39. The van der Waals surface area contributed by atoms with E-state index in [1.807, 2.05) is 14.2 Å². The van der Waals surface area contributed by atoms with Gasteiger partial charge in [-0.25, -0.2) is 0 Å². The van der Waals surface area contributed by atoms with Crippen LogP contribution in [0.1, 0.15) is 51.4 Å². The molecule has 4 bridgehead atoms. The number of rotatable bonds is 8. The predicted molar refractivity (Wildman–Crippen MR) is 90.3 cm³/mol. The Morgan fingerprint density at radius 3 is 1.78 bits per heavy atom. The maximum atomic E-state index is 6.69. The first-order valence-corrected chi connectivity index (χ1v) is 9.83. The summed E-state index contributed by atoms with van der Waals surface area (Å²) in [5.41, 5.74) is 0.0798. The summed E-state index contributed by atoms with van der Waals surface area (Å²) in [7, 11) is 3.65. The molecule has 0 atom stereocenters. The number of hydrogen-bond acceptors (Lipinski definition) is 3. The molecule has 132 valence electrons. The van der Waals surface area contributed by atoms with Crippen LogP contribution in [0.4, 0.5) is 0 Å². The Hall–Kier alpha value is -0.120. The second-order valence-corrected chi connectivity index (χ2v) is 9.06. The van der Waals surface area contributed by atoms with Gasteiger partial charge in [-0.1, -0.05) is 6.42 Å². The van der Waals surface area contributed by atoms with Gasteiger partial charge in [-0.05, 0) is 74.5 Å². The van der Waals surface area contributed by atoms with E-state index in [0.717, 1.165) is 49.4 Å². The molecular formula is C20H34O3. The molecule has 0 aromatic rings. The van der Waals surface area contributed by atoms with Crippen LogP contribution in [0.5, 0.6) is 0 Å². The SMILES string of the molecule is COCC(COC)(COC1C2CC3CC(C2)CC1C3)C1CCC1. The molecule has 0 unspecified atom stereocenters. The van der Waals surface area contributed by atoms with Crippen molar-refractivity contribution in [3.05, 3.63) is 0 Å². The lowest BCUT2D eigenvalue weighted by molar-refractivity contribution is -0.172. The van der Waals surface area contributed by atoms with Crippen molar-refractivity contribution in [2.45, 2.75) is 57.5 Å². The molecule has 5 fully saturated rings. The maximum Gasteiger partial charge on any atom is 0.0632 e. The highest BCUT2D eigenvalue weighted by atomic mass is 16.5. The maximum absolute atomic E-state index is 6.69. The summed E-state index contributed by atoms with van der Waals surface area (Å²) in [6.07, 6.45) is 11.8. The normalized spacial score (nSPS) is 39.7. The van der Waals surface area contributed by atoms with Crippen LogP contribution >= 0.6 is 0 Å². The summed E-state index contributed by atoms with van der Waals surface area (Å²) in [6, 6.07) is 0. The number of hydrogen-bond donors (Lipinski definition) is 0. The number of ether oxygens (including phenoxy) is 3. The van der Waals surface area contributed by atoms with Gasteiger partial charge in [-0.3, -0.25) is 0 Å². The van der Waals surface area contributed by atoms with Gasteiger partial charge in [0.05, 0.1) is 25.9 Å². The molecule has 5 aliphatic carbocycles. The van der Waals surface area contributed by atoms with Gasteiger partial charge in [-0.15, -0.1) is 0 Å². The Balaban J connectivity index is 1.42. The van der Waals surface area contributed by atoms with Gasteiger partial charge in [0.2, 0.25) is 0 Å². The Kier molecular flexibility index (Phi) is 4.73. The van der Waals surface area contributed by atoms with Gasteiger partial charge in [0.1, 0.15) is 0 Å². The van der Waals surface area contributed by atoms with Crippen LogP contribution in [0.15, 0.2) is 0 Å². The number of methoxy groups -OCH3 is 2. The van der Waals surface area contributed by atoms with Crippen molar-refractivity contribution in [1.82, 2.24) is 0 Å². The topological polar surface area (TPSA) is 27.7 Å². The predicted octanol–water partition coefficient (Wildman–Crippen LogP) is 3.91. The van der Waals surface area contributed by atoms with E-state index in [9.17, 15) is 0 Å². The molecule has 0 amide bonds. The van der Waals surface area contributed by atoms with Crippen molar-refractivity contribution in [3.63, 3.8) is 0 Å². The van der Waals surface area contributed by atoms with Crippen LogP contribution in [0.25, 0.3) is 0 Å². The summed E-state index contributed by atoms with van der Waals surface area (Å²) >= 11 is 0. The third-order valence-electron chi connectivity index (χ3n) is 7.54. The smallest absolute Gasteiger partial charge is 0.0632 e. The third-order valence-corrected chi connectivity index (χ3v) is 7.54. The van der Waals surface area contributed by atoms with E-state index in [1.54, 1.807) is 0 Å². The van der Waals surface area contributed by atoms with Crippen LogP contribution in [0, 0.1) is 35.0 Å². The van der Waals surface area contributed by atoms with Gasteiger partial charge in [-0.2, -0.15) is 0 Å². The van der Waals surface area contributed by atoms with Gasteiger partial charge in [0.25, 0.3) is 0 Å². The van der Waals surface area contributed by atoms with Gasteiger partial charge in [0, 0.05) is 19.6 Å². The highest BCUT2D eigenvalue weighted by Gasteiger charge is 2.50. The van der Waals surface area contributed by atoms with E-state index in [2.05, 4.69) is 0 Å². The molecule has 0 saturated heterocycles. The Bertz CT molecular complexity index is 370. The minimum atomic E-state index is 0.0798. The first-order chi connectivity index (χ1) is 11.2. The molecule has 0 aromatic carbocycles. The van der Waals surface area contributed by atoms with Crippen LogP contribution < -0.4 is 0 Å². The van der Waals surface area contributed by atoms with Crippen LogP contribution in [-0.2, 0) is 14.2 Å². The second kappa shape index (κ2) is 6.65. The lowest BCUT2D eigenvalue weighted by Crippen LogP contribution is -2.52. The summed E-state index contributed by atoms with van der Waals surface area (Å²) in [4.78, 5) is 0. The molecule has 0 spiro atoms. The van der Waals surface area contributed by atoms with Gasteiger partial charge in [0.15, 0.2) is 0 Å². The quantitative estimate of drug-likeness (QED) is 0.678. The lowest BCUT2D eigenvalue weighted by Gasteiger charge is -2.55. The minimum absolute atomic E-state index is 0.0798. The first-order valence-electron chi connectivity index (χ1n) is 9.83. The fourth-order valence-corrected chi connectivity index (χ4v) is 6.48. The summed E-state index contributed by atoms with van der Waals surface area (Å²) in [5, 5.41) is 0. The van der Waals surface area contributed by atoms with Gasteiger partial charge < -0.3 is 14.2 Å². The molecule has 0 aromatic heterocycles. The summed E-state index contributed by atoms with van der Waals surface area (Å²) in [5.74, 6) is 4.45. The molecule has 5 aliphatic rings. The Morgan fingerprint density at radius 1 is 0.783 bits per heavy atom. The standard InChI is InChI=1S/C20H34O3/c1-21-11-20(12-22-2,18-4-3-5-18)13-23-19-16-7-14-6-15(9-16)10-17(19)8-14/h14-19H,3-13H2,1-2H3. The largest absolute Gasteiger partial charge is 0.384 e. The van der Waals surface area contributed by atoms with E-state index in [0.29, 0.717) is 6.10 Å². The van der Waals surface area contributed by atoms with Crippen LogP contribution in [-0.4, -0.2) is 40.1 Å². The zero-order chi connectivity index (χ0) is 15.9. The van der Waals surface area contributed by atoms with Crippen molar-refractivity contribution in [2.75, 3.05) is 34.0 Å².